The van der Waals surface area contributed by atoms with Gasteiger partial charge in [0.15, 0.2) is 0 Å². The van der Waals surface area contributed by atoms with Crippen LogP contribution in [-0.2, 0) is 14.8 Å². The number of nitrogens with zero attached hydrogens (tertiary/aromatic N) is 1. The summed E-state index contributed by atoms with van der Waals surface area (Å²) in [6.07, 6.45) is 1.22. The van der Waals surface area contributed by atoms with Gasteiger partial charge in [-0.25, -0.2) is 8.42 Å². The van der Waals surface area contributed by atoms with Crippen molar-refractivity contribution < 1.29 is 13.2 Å². The summed E-state index contributed by atoms with van der Waals surface area (Å²) in [6, 6.07) is 4.71. The van der Waals surface area contributed by atoms with Crippen molar-refractivity contribution in [3.63, 3.8) is 0 Å². The summed E-state index contributed by atoms with van der Waals surface area (Å²) < 4.78 is 25.6. The van der Waals surface area contributed by atoms with Crippen LogP contribution in [0, 0.1) is 12.8 Å². The molecule has 0 bridgehead atoms. The van der Waals surface area contributed by atoms with Gasteiger partial charge in [-0.2, -0.15) is 0 Å². The number of sulfonamides is 1. The van der Waals surface area contributed by atoms with Crippen LogP contribution in [0.3, 0.4) is 0 Å². The fourth-order valence-corrected chi connectivity index (χ4v) is 4.33. The monoisotopic (exact) mass is 375 g/mol. The Kier molecular flexibility index (Phi) is 7.07. The van der Waals surface area contributed by atoms with Gasteiger partial charge in [-0.1, -0.05) is 19.9 Å². The van der Waals surface area contributed by atoms with E-state index in [4.69, 9.17) is 5.73 Å². The summed E-state index contributed by atoms with van der Waals surface area (Å²) >= 11 is 0. The van der Waals surface area contributed by atoms with Gasteiger partial charge in [0.2, 0.25) is 15.9 Å². The number of nitrogens with two attached hydrogens (primary N) is 1. The number of aryl methyl sites for hydroxylation is 1. The Morgan fingerprint density at radius 1 is 1.38 bits per heavy atom. The minimum absolute atomic E-state index is 0. The molecule has 1 fully saturated rings. The summed E-state index contributed by atoms with van der Waals surface area (Å²) in [4.78, 5) is 12.1. The fraction of sp³-hybridized carbons (Fsp3) is 0.562. The lowest BCUT2D eigenvalue weighted by Gasteiger charge is -2.21. The lowest BCUT2D eigenvalue weighted by Crippen LogP contribution is -2.36. The third kappa shape index (κ3) is 4.84. The number of hydrogen-bond acceptors (Lipinski definition) is 4. The van der Waals surface area contributed by atoms with Gasteiger partial charge in [-0.05, 0) is 43.4 Å². The average molecular weight is 376 g/mol. The molecule has 1 aliphatic heterocycles. The molecule has 0 saturated carbocycles. The van der Waals surface area contributed by atoms with Gasteiger partial charge in [-0.15, -0.1) is 12.4 Å². The first-order valence-electron chi connectivity index (χ1n) is 7.88. The maximum atomic E-state index is 12.1. The van der Waals surface area contributed by atoms with Crippen LogP contribution in [0.4, 0.5) is 11.4 Å². The predicted octanol–water partition coefficient (Wildman–Crippen LogP) is 2.27. The molecule has 6 nitrogen and oxygen atoms in total. The van der Waals surface area contributed by atoms with Crippen LogP contribution in [0.1, 0.15) is 32.3 Å². The van der Waals surface area contributed by atoms with Crippen LogP contribution < -0.4 is 15.4 Å². The van der Waals surface area contributed by atoms with E-state index in [0.717, 1.165) is 5.56 Å². The quantitative estimate of drug-likeness (QED) is 0.825. The zero-order chi connectivity index (χ0) is 17.2. The highest BCUT2D eigenvalue weighted by atomic mass is 35.5. The van der Waals surface area contributed by atoms with Crippen molar-refractivity contribution in [2.75, 3.05) is 21.9 Å². The maximum Gasteiger partial charge on any atom is 0.241 e. The lowest BCUT2D eigenvalue weighted by molar-refractivity contribution is -0.117. The van der Waals surface area contributed by atoms with Crippen LogP contribution in [0.2, 0.25) is 0 Å². The molecule has 1 heterocycles. The summed E-state index contributed by atoms with van der Waals surface area (Å²) in [5, 5.41) is 2.78. The van der Waals surface area contributed by atoms with Crippen molar-refractivity contribution in [3.05, 3.63) is 23.8 Å². The number of benzene rings is 1. The standard InChI is InChI=1S/C16H25N3O3S.ClH/c1-11(2)9-14(17)16(20)18-13-6-5-12(3)15(10-13)19-7-4-8-23(19,21)22;/h5-6,10-11,14H,4,7-9,17H2,1-3H3,(H,18,20);1H/t14-;/m0./s1. The third-order valence-corrected chi connectivity index (χ3v) is 5.76. The SMILES string of the molecule is Cc1ccc(NC(=O)[C@@H](N)CC(C)C)cc1N1CCCS1(=O)=O.Cl. The van der Waals surface area contributed by atoms with Crippen LogP contribution >= 0.6 is 12.4 Å². The number of halogens is 1. The lowest BCUT2D eigenvalue weighted by atomic mass is 10.0. The molecule has 0 spiro atoms. The first-order valence-corrected chi connectivity index (χ1v) is 9.49. The molecule has 2 rings (SSSR count). The molecule has 8 heteroatoms. The van der Waals surface area contributed by atoms with Crippen molar-refractivity contribution in [1.29, 1.82) is 0 Å². The van der Waals surface area contributed by atoms with E-state index in [0.29, 0.717) is 36.7 Å². The molecule has 24 heavy (non-hydrogen) atoms. The van der Waals surface area contributed by atoms with Gasteiger partial charge in [-0.3, -0.25) is 9.10 Å². The van der Waals surface area contributed by atoms with Crippen molar-refractivity contribution in [3.8, 4) is 0 Å². The van der Waals surface area contributed by atoms with E-state index in [9.17, 15) is 13.2 Å². The van der Waals surface area contributed by atoms with E-state index in [2.05, 4.69) is 5.32 Å². The van der Waals surface area contributed by atoms with Crippen LogP contribution in [0.15, 0.2) is 18.2 Å². The second-order valence-corrected chi connectivity index (χ2v) is 8.48. The first kappa shape index (κ1) is 20.7. The number of amides is 1. The van der Waals surface area contributed by atoms with Gasteiger partial charge in [0.1, 0.15) is 0 Å². The molecule has 0 aliphatic carbocycles. The minimum atomic E-state index is -3.24. The van der Waals surface area contributed by atoms with Gasteiger partial charge in [0.25, 0.3) is 0 Å². The highest BCUT2D eigenvalue weighted by Crippen LogP contribution is 2.30. The molecule has 1 amide bonds. The van der Waals surface area contributed by atoms with Crippen molar-refractivity contribution >= 4 is 39.7 Å². The van der Waals surface area contributed by atoms with E-state index in [-0.39, 0.29) is 24.1 Å². The molecule has 1 saturated heterocycles. The highest BCUT2D eigenvalue weighted by molar-refractivity contribution is 7.93. The average Bonchev–Trinajstić information content (AvgIpc) is 2.79. The normalized spacial score (nSPS) is 17.5. The van der Waals surface area contributed by atoms with Crippen molar-refractivity contribution in [2.45, 2.75) is 39.7 Å². The zero-order valence-corrected chi connectivity index (χ0v) is 15.9. The maximum absolute atomic E-state index is 12.1. The molecule has 1 aliphatic rings. The largest absolute Gasteiger partial charge is 0.325 e. The number of hydrogen-bond donors (Lipinski definition) is 2. The number of anilines is 2. The zero-order valence-electron chi connectivity index (χ0n) is 14.3. The summed E-state index contributed by atoms with van der Waals surface area (Å²) in [5.74, 6) is 0.249. The second-order valence-electron chi connectivity index (χ2n) is 6.47. The van der Waals surface area contributed by atoms with Crippen LogP contribution in [-0.4, -0.2) is 32.7 Å². The van der Waals surface area contributed by atoms with Crippen LogP contribution in [0.5, 0.6) is 0 Å². The van der Waals surface area contributed by atoms with Crippen molar-refractivity contribution in [1.82, 2.24) is 0 Å². The predicted molar refractivity (Wildman–Crippen MR) is 100 cm³/mol. The Morgan fingerprint density at radius 2 is 2.04 bits per heavy atom. The molecule has 0 unspecified atom stereocenters. The second kappa shape index (κ2) is 8.18. The molecule has 0 radical (unpaired) electrons. The summed E-state index contributed by atoms with van der Waals surface area (Å²) in [7, 11) is -3.24. The first-order chi connectivity index (χ1) is 10.7. The number of rotatable bonds is 5. The molecule has 136 valence electrons. The fourth-order valence-electron chi connectivity index (χ4n) is 2.72. The number of carbonyl (C=O) groups is 1. The van der Waals surface area contributed by atoms with Gasteiger partial charge < -0.3 is 11.1 Å². The highest BCUT2D eigenvalue weighted by Gasteiger charge is 2.29. The molecular formula is C16H26ClN3O3S. The van der Waals surface area contributed by atoms with E-state index >= 15 is 0 Å². The van der Waals surface area contributed by atoms with Gasteiger partial charge >= 0.3 is 0 Å². The molecule has 3 N–H and O–H groups in total. The Balaban J connectivity index is 0.00000288. The topological polar surface area (TPSA) is 92.5 Å². The third-order valence-electron chi connectivity index (χ3n) is 3.91. The molecule has 1 atom stereocenters. The smallest absolute Gasteiger partial charge is 0.241 e. The molecular weight excluding hydrogens is 350 g/mol. The molecule has 1 aromatic rings. The van der Waals surface area contributed by atoms with Crippen molar-refractivity contribution in [2.24, 2.45) is 11.7 Å². The van der Waals surface area contributed by atoms with E-state index in [1.165, 1.54) is 4.31 Å². The molecule has 0 aromatic heterocycles. The Bertz CT molecular complexity index is 692. The van der Waals surface area contributed by atoms with E-state index in [1.54, 1.807) is 12.1 Å². The number of carbonyl (C=O) groups excluding carboxylic acids is 1. The Hall–Kier alpha value is -1.31. The number of nitrogens with one attached hydrogen (secondary N) is 1. The van der Waals surface area contributed by atoms with Crippen LogP contribution in [0.25, 0.3) is 0 Å². The Morgan fingerprint density at radius 3 is 2.58 bits per heavy atom. The molecule has 1 aromatic carbocycles. The van der Waals surface area contributed by atoms with E-state index < -0.39 is 16.1 Å². The van der Waals surface area contributed by atoms with E-state index in [1.807, 2.05) is 26.8 Å². The Labute approximate surface area is 150 Å². The van der Waals surface area contributed by atoms with Gasteiger partial charge in [0, 0.05) is 12.2 Å². The van der Waals surface area contributed by atoms with Gasteiger partial charge in [0.05, 0.1) is 17.5 Å². The minimum Gasteiger partial charge on any atom is -0.325 e. The summed E-state index contributed by atoms with van der Waals surface area (Å²) in [5.41, 5.74) is 7.93. The summed E-state index contributed by atoms with van der Waals surface area (Å²) in [6.45, 7) is 6.36.